The lowest BCUT2D eigenvalue weighted by Crippen LogP contribution is -2.32. The summed E-state index contributed by atoms with van der Waals surface area (Å²) >= 11 is 1.79. The number of hydrogen-bond acceptors (Lipinski definition) is 4. The highest BCUT2D eigenvalue weighted by molar-refractivity contribution is 7.98. The van der Waals surface area contributed by atoms with Gasteiger partial charge in [0, 0.05) is 31.0 Å². The molecular formula is C22H30N2O3S2. The molecule has 2 rings (SSSR count). The second-order valence-electron chi connectivity index (χ2n) is 7.11. The van der Waals surface area contributed by atoms with Gasteiger partial charge in [0.1, 0.15) is 0 Å². The number of carbonyl (C=O) groups excluding carboxylic acids is 1. The molecule has 29 heavy (non-hydrogen) atoms. The Labute approximate surface area is 178 Å². The Kier molecular flexibility index (Phi) is 9.04. The number of amides is 1. The second-order valence-corrected chi connectivity index (χ2v) is 10.1. The molecular weight excluding hydrogens is 404 g/mol. The van der Waals surface area contributed by atoms with Gasteiger partial charge < -0.3 is 5.32 Å². The fourth-order valence-electron chi connectivity index (χ4n) is 2.96. The molecule has 0 aliphatic rings. The molecule has 7 heteroatoms. The van der Waals surface area contributed by atoms with Crippen LogP contribution in [0.15, 0.2) is 48.5 Å². The quantitative estimate of drug-likeness (QED) is 0.545. The third-order valence-electron chi connectivity index (χ3n) is 4.54. The van der Waals surface area contributed by atoms with Crippen LogP contribution in [0, 0.1) is 13.8 Å². The van der Waals surface area contributed by atoms with E-state index in [4.69, 9.17) is 0 Å². The predicted octanol–water partition coefficient (Wildman–Crippen LogP) is 3.90. The van der Waals surface area contributed by atoms with E-state index in [-0.39, 0.29) is 12.5 Å². The van der Waals surface area contributed by atoms with E-state index in [1.165, 1.54) is 21.7 Å². The van der Waals surface area contributed by atoms with E-state index in [1.807, 2.05) is 37.3 Å². The van der Waals surface area contributed by atoms with Crippen LogP contribution in [0.25, 0.3) is 0 Å². The van der Waals surface area contributed by atoms with Gasteiger partial charge >= 0.3 is 0 Å². The molecule has 5 nitrogen and oxygen atoms in total. The van der Waals surface area contributed by atoms with E-state index >= 15 is 0 Å². The predicted molar refractivity (Wildman–Crippen MR) is 123 cm³/mol. The molecule has 0 bridgehead atoms. The Morgan fingerprint density at radius 1 is 1.10 bits per heavy atom. The van der Waals surface area contributed by atoms with Crippen LogP contribution in [0.4, 0.5) is 5.69 Å². The average Bonchev–Trinajstić information content (AvgIpc) is 2.65. The first kappa shape index (κ1) is 23.3. The standard InChI is InChI=1S/C22H30N2O3S2/c1-18-8-6-11-21(16-18)24(29(3,26)27)14-7-12-22(25)23-13-15-28-17-20-10-5-4-9-19(20)2/h4-6,8-11,16H,7,12-15,17H2,1-3H3,(H,23,25). The van der Waals surface area contributed by atoms with Gasteiger partial charge in [-0.05, 0) is 49.1 Å². The number of hydrogen-bond donors (Lipinski definition) is 1. The molecule has 0 aromatic heterocycles. The molecule has 0 heterocycles. The van der Waals surface area contributed by atoms with Gasteiger partial charge in [0.25, 0.3) is 0 Å². The van der Waals surface area contributed by atoms with Crippen molar-refractivity contribution in [1.82, 2.24) is 5.32 Å². The van der Waals surface area contributed by atoms with Gasteiger partial charge in [-0.3, -0.25) is 9.10 Å². The highest BCUT2D eigenvalue weighted by Crippen LogP contribution is 2.19. The summed E-state index contributed by atoms with van der Waals surface area (Å²) < 4.78 is 25.6. The van der Waals surface area contributed by atoms with E-state index in [0.717, 1.165) is 17.1 Å². The maximum atomic E-state index is 12.1. The molecule has 0 fully saturated rings. The summed E-state index contributed by atoms with van der Waals surface area (Å²) in [4.78, 5) is 12.1. The molecule has 1 N–H and O–H groups in total. The first-order valence-corrected chi connectivity index (χ1v) is 12.7. The summed E-state index contributed by atoms with van der Waals surface area (Å²) in [6, 6.07) is 15.7. The molecule has 158 valence electrons. The third-order valence-corrected chi connectivity index (χ3v) is 6.74. The van der Waals surface area contributed by atoms with Gasteiger partial charge in [-0.2, -0.15) is 11.8 Å². The molecule has 0 unspecified atom stereocenters. The van der Waals surface area contributed by atoms with Crippen molar-refractivity contribution in [1.29, 1.82) is 0 Å². The second kappa shape index (κ2) is 11.3. The average molecular weight is 435 g/mol. The van der Waals surface area contributed by atoms with Crippen LogP contribution >= 0.6 is 11.8 Å². The Hall–Kier alpha value is -1.99. The van der Waals surface area contributed by atoms with Gasteiger partial charge in [-0.1, -0.05) is 36.4 Å². The van der Waals surface area contributed by atoms with Crippen LogP contribution < -0.4 is 9.62 Å². The minimum Gasteiger partial charge on any atom is -0.355 e. The number of nitrogens with zero attached hydrogens (tertiary/aromatic N) is 1. The molecule has 0 aliphatic carbocycles. The number of rotatable bonds is 11. The van der Waals surface area contributed by atoms with Gasteiger partial charge in [0.05, 0.1) is 11.9 Å². The van der Waals surface area contributed by atoms with Crippen molar-refractivity contribution in [3.05, 3.63) is 65.2 Å². The van der Waals surface area contributed by atoms with Crippen molar-refractivity contribution in [2.24, 2.45) is 0 Å². The van der Waals surface area contributed by atoms with Crippen molar-refractivity contribution in [2.75, 3.05) is 29.4 Å². The van der Waals surface area contributed by atoms with Crippen molar-refractivity contribution < 1.29 is 13.2 Å². The summed E-state index contributed by atoms with van der Waals surface area (Å²) in [7, 11) is -3.39. The highest BCUT2D eigenvalue weighted by atomic mass is 32.2. The Bertz CT molecular complexity index is 914. The number of anilines is 1. The first-order valence-electron chi connectivity index (χ1n) is 9.70. The molecule has 1 amide bonds. The van der Waals surface area contributed by atoms with Crippen molar-refractivity contribution >= 4 is 33.4 Å². The maximum Gasteiger partial charge on any atom is 0.232 e. The molecule has 0 saturated carbocycles. The summed E-state index contributed by atoms with van der Waals surface area (Å²) in [6.07, 6.45) is 1.98. The van der Waals surface area contributed by atoms with Crippen molar-refractivity contribution in [3.63, 3.8) is 0 Å². The largest absolute Gasteiger partial charge is 0.355 e. The molecule has 2 aromatic rings. The zero-order valence-corrected chi connectivity index (χ0v) is 19.0. The van der Waals surface area contributed by atoms with Crippen LogP contribution in [0.5, 0.6) is 0 Å². The topological polar surface area (TPSA) is 66.5 Å². The van der Waals surface area contributed by atoms with Crippen LogP contribution in [0.1, 0.15) is 29.5 Å². The maximum absolute atomic E-state index is 12.1. The highest BCUT2D eigenvalue weighted by Gasteiger charge is 2.17. The van der Waals surface area contributed by atoms with E-state index in [1.54, 1.807) is 17.8 Å². The summed E-state index contributed by atoms with van der Waals surface area (Å²) in [5.74, 6) is 1.74. The van der Waals surface area contributed by atoms with E-state index in [9.17, 15) is 13.2 Å². The van der Waals surface area contributed by atoms with Gasteiger partial charge in [0.15, 0.2) is 0 Å². The molecule has 0 aliphatic heterocycles. The summed E-state index contributed by atoms with van der Waals surface area (Å²) in [5, 5.41) is 2.92. The van der Waals surface area contributed by atoms with Gasteiger partial charge in [-0.25, -0.2) is 8.42 Å². The minimum atomic E-state index is -3.39. The monoisotopic (exact) mass is 434 g/mol. The zero-order valence-electron chi connectivity index (χ0n) is 17.3. The zero-order chi connectivity index (χ0) is 21.3. The Morgan fingerprint density at radius 2 is 1.86 bits per heavy atom. The van der Waals surface area contributed by atoms with Crippen molar-refractivity contribution in [2.45, 2.75) is 32.4 Å². The fourth-order valence-corrected chi connectivity index (χ4v) is 4.85. The number of sulfonamides is 1. The van der Waals surface area contributed by atoms with Gasteiger partial charge in [0.2, 0.25) is 15.9 Å². The summed E-state index contributed by atoms with van der Waals surface area (Å²) in [5.41, 5.74) is 4.24. The van der Waals surface area contributed by atoms with Crippen LogP contribution in [0.2, 0.25) is 0 Å². The van der Waals surface area contributed by atoms with Crippen LogP contribution in [0.3, 0.4) is 0 Å². The van der Waals surface area contributed by atoms with E-state index in [0.29, 0.717) is 25.1 Å². The number of aryl methyl sites for hydroxylation is 2. The number of carbonyl (C=O) groups is 1. The molecule has 0 spiro atoms. The normalized spacial score (nSPS) is 11.3. The van der Waals surface area contributed by atoms with Crippen LogP contribution in [-0.4, -0.2) is 39.4 Å². The molecule has 0 radical (unpaired) electrons. The smallest absolute Gasteiger partial charge is 0.232 e. The molecule has 0 atom stereocenters. The number of nitrogens with one attached hydrogen (secondary N) is 1. The first-order chi connectivity index (χ1) is 13.8. The van der Waals surface area contributed by atoms with E-state index < -0.39 is 10.0 Å². The molecule has 0 saturated heterocycles. The summed E-state index contributed by atoms with van der Waals surface area (Å²) in [6.45, 7) is 4.93. The van der Waals surface area contributed by atoms with Crippen LogP contribution in [-0.2, 0) is 20.6 Å². The Morgan fingerprint density at radius 3 is 2.55 bits per heavy atom. The van der Waals surface area contributed by atoms with E-state index in [2.05, 4.69) is 24.4 Å². The third kappa shape index (κ3) is 8.11. The van der Waals surface area contributed by atoms with Gasteiger partial charge in [-0.15, -0.1) is 0 Å². The molecule has 2 aromatic carbocycles. The fraction of sp³-hybridized carbons (Fsp3) is 0.409. The number of benzene rings is 2. The van der Waals surface area contributed by atoms with Crippen molar-refractivity contribution in [3.8, 4) is 0 Å². The lowest BCUT2D eigenvalue weighted by molar-refractivity contribution is -0.121. The SMILES string of the molecule is Cc1cccc(N(CCCC(=O)NCCSCc2ccccc2C)S(C)(=O)=O)c1. The Balaban J connectivity index is 1.70. The lowest BCUT2D eigenvalue weighted by atomic mass is 10.1. The lowest BCUT2D eigenvalue weighted by Gasteiger charge is -2.22. The minimum absolute atomic E-state index is 0.0424. The number of thioether (sulfide) groups is 1.